The normalized spacial score (nSPS) is 10.8. The van der Waals surface area contributed by atoms with Crippen LogP contribution in [0.4, 0.5) is 0 Å². The molecule has 0 amide bonds. The molecular formula is C12H10N6O. The Balaban J connectivity index is 1.97. The van der Waals surface area contributed by atoms with Gasteiger partial charge in [0.25, 0.3) is 0 Å². The molecule has 0 fully saturated rings. The monoisotopic (exact) mass is 254 g/mol. The highest BCUT2D eigenvalue weighted by Gasteiger charge is 2.14. The summed E-state index contributed by atoms with van der Waals surface area (Å²) < 4.78 is 0. The van der Waals surface area contributed by atoms with Crippen LogP contribution in [0.15, 0.2) is 30.6 Å². The number of aromatic nitrogens is 6. The van der Waals surface area contributed by atoms with Crippen molar-refractivity contribution in [2.75, 3.05) is 0 Å². The fourth-order valence-electron chi connectivity index (χ4n) is 1.85. The third-order valence-corrected chi connectivity index (χ3v) is 2.67. The number of hydrogen-bond donors (Lipinski definition) is 0. The van der Waals surface area contributed by atoms with E-state index in [1.807, 2.05) is 6.07 Å². The first-order valence-corrected chi connectivity index (χ1v) is 5.70. The molecule has 1 aromatic carbocycles. The minimum absolute atomic E-state index is 0.0981. The zero-order valence-corrected chi connectivity index (χ0v) is 10.2. The van der Waals surface area contributed by atoms with Crippen LogP contribution in [0.5, 0.6) is 0 Å². The van der Waals surface area contributed by atoms with Crippen molar-refractivity contribution in [1.29, 1.82) is 0 Å². The summed E-state index contributed by atoms with van der Waals surface area (Å²) >= 11 is 0. The molecule has 0 aliphatic heterocycles. The molecule has 19 heavy (non-hydrogen) atoms. The molecule has 0 spiro atoms. The van der Waals surface area contributed by atoms with Crippen molar-refractivity contribution >= 4 is 16.8 Å². The van der Waals surface area contributed by atoms with Gasteiger partial charge in [-0.3, -0.25) is 14.8 Å². The molecular weight excluding hydrogens is 244 g/mol. The quantitative estimate of drug-likeness (QED) is 0.635. The Bertz CT molecular complexity index is 745. The second-order valence-corrected chi connectivity index (χ2v) is 4.02. The van der Waals surface area contributed by atoms with Gasteiger partial charge >= 0.3 is 0 Å². The zero-order valence-electron chi connectivity index (χ0n) is 10.2. The Labute approximate surface area is 108 Å². The number of fused-ring (bicyclic) bond motifs is 1. The van der Waals surface area contributed by atoms with Crippen molar-refractivity contribution in [2.45, 2.75) is 6.42 Å². The topological polar surface area (TPSA) is 86.5 Å². The molecule has 7 nitrogen and oxygen atoms in total. The molecule has 0 N–H and O–H groups in total. The first kappa shape index (κ1) is 11.4. The predicted molar refractivity (Wildman–Crippen MR) is 66.4 cm³/mol. The minimum atomic E-state index is -0.0981. The molecule has 7 heteroatoms. The fraction of sp³-hybridized carbons (Fsp3) is 0.167. The van der Waals surface area contributed by atoms with Crippen molar-refractivity contribution in [3.05, 3.63) is 42.0 Å². The maximum absolute atomic E-state index is 12.3. The summed E-state index contributed by atoms with van der Waals surface area (Å²) in [4.78, 5) is 22.0. The summed E-state index contributed by atoms with van der Waals surface area (Å²) in [5.74, 6) is 0.299. The van der Waals surface area contributed by atoms with E-state index in [4.69, 9.17) is 0 Å². The molecule has 0 atom stereocenters. The lowest BCUT2D eigenvalue weighted by atomic mass is 10.1. The standard InChI is InChI=1S/C12H10N6O/c1-18-16-11(15-17-18)7-10(19)8-3-2-4-9-12(8)14-6-5-13-9/h2-6H,7H2,1H3. The summed E-state index contributed by atoms with van der Waals surface area (Å²) in [5, 5.41) is 11.5. The lowest BCUT2D eigenvalue weighted by Crippen LogP contribution is -2.07. The van der Waals surface area contributed by atoms with Crippen molar-refractivity contribution in [2.24, 2.45) is 7.05 Å². The van der Waals surface area contributed by atoms with Crippen molar-refractivity contribution in [3.63, 3.8) is 0 Å². The summed E-state index contributed by atoms with van der Waals surface area (Å²) in [5.41, 5.74) is 1.82. The van der Waals surface area contributed by atoms with Gasteiger partial charge in [-0.2, -0.15) is 4.80 Å². The van der Waals surface area contributed by atoms with Crippen LogP contribution < -0.4 is 0 Å². The number of carbonyl (C=O) groups excluding carboxylic acids is 1. The number of carbonyl (C=O) groups is 1. The Hall–Kier alpha value is -2.70. The first-order valence-electron chi connectivity index (χ1n) is 5.70. The molecule has 0 bridgehead atoms. The second kappa shape index (κ2) is 4.52. The van der Waals surface area contributed by atoms with E-state index in [2.05, 4.69) is 25.4 Å². The Morgan fingerprint density at radius 1 is 1.26 bits per heavy atom. The van der Waals surface area contributed by atoms with Gasteiger partial charge < -0.3 is 0 Å². The van der Waals surface area contributed by atoms with Gasteiger partial charge in [0, 0.05) is 18.0 Å². The summed E-state index contributed by atoms with van der Waals surface area (Å²) in [6, 6.07) is 5.34. The Morgan fingerprint density at radius 3 is 2.89 bits per heavy atom. The van der Waals surface area contributed by atoms with Gasteiger partial charge in [-0.05, 0) is 17.3 Å². The van der Waals surface area contributed by atoms with E-state index in [0.717, 1.165) is 0 Å². The predicted octanol–water partition coefficient (Wildman–Crippen LogP) is 0.579. The molecule has 0 aliphatic carbocycles. The first-order chi connectivity index (χ1) is 9.24. The fourth-order valence-corrected chi connectivity index (χ4v) is 1.85. The maximum atomic E-state index is 12.3. The summed E-state index contributed by atoms with van der Waals surface area (Å²) in [6.07, 6.45) is 3.27. The van der Waals surface area contributed by atoms with Crippen LogP contribution in [0.25, 0.3) is 11.0 Å². The van der Waals surface area contributed by atoms with Crippen LogP contribution >= 0.6 is 0 Å². The smallest absolute Gasteiger partial charge is 0.182 e. The molecule has 0 saturated heterocycles. The maximum Gasteiger partial charge on any atom is 0.182 e. The lowest BCUT2D eigenvalue weighted by molar-refractivity contribution is 0.0992. The molecule has 94 valence electrons. The number of rotatable bonds is 3. The van der Waals surface area contributed by atoms with Crippen LogP contribution in [0.1, 0.15) is 16.2 Å². The van der Waals surface area contributed by atoms with E-state index < -0.39 is 0 Å². The van der Waals surface area contributed by atoms with E-state index in [9.17, 15) is 4.79 Å². The van der Waals surface area contributed by atoms with Gasteiger partial charge in [-0.1, -0.05) is 6.07 Å². The summed E-state index contributed by atoms with van der Waals surface area (Å²) in [6.45, 7) is 0. The number of benzene rings is 1. The van der Waals surface area contributed by atoms with Crippen LogP contribution in [-0.4, -0.2) is 36.0 Å². The third kappa shape index (κ3) is 2.17. The highest BCUT2D eigenvalue weighted by Crippen LogP contribution is 2.15. The highest BCUT2D eigenvalue weighted by atomic mass is 16.1. The number of hydrogen-bond acceptors (Lipinski definition) is 6. The second-order valence-electron chi connectivity index (χ2n) is 4.02. The van der Waals surface area contributed by atoms with Crippen LogP contribution in [0.2, 0.25) is 0 Å². The number of ketones is 1. The zero-order chi connectivity index (χ0) is 13.2. The molecule has 0 aliphatic rings. The SMILES string of the molecule is Cn1nnc(CC(=O)c2cccc3nccnc23)n1. The number of Topliss-reactive ketones (excluding diaryl/α,β-unsaturated/α-hetero) is 1. The van der Waals surface area contributed by atoms with Crippen LogP contribution in [0.3, 0.4) is 0 Å². The van der Waals surface area contributed by atoms with E-state index in [1.54, 1.807) is 31.6 Å². The van der Waals surface area contributed by atoms with E-state index >= 15 is 0 Å². The van der Waals surface area contributed by atoms with E-state index in [-0.39, 0.29) is 12.2 Å². The Morgan fingerprint density at radius 2 is 2.11 bits per heavy atom. The van der Waals surface area contributed by atoms with E-state index in [0.29, 0.717) is 22.4 Å². The Kier molecular flexibility index (Phi) is 2.71. The number of tetrazole rings is 1. The molecule has 2 aromatic heterocycles. The molecule has 3 aromatic rings. The molecule has 0 unspecified atom stereocenters. The number of para-hydroxylation sites is 1. The molecule has 0 saturated carbocycles. The average Bonchev–Trinajstić information content (AvgIpc) is 2.83. The highest BCUT2D eigenvalue weighted by molar-refractivity contribution is 6.06. The number of aryl methyl sites for hydroxylation is 1. The minimum Gasteiger partial charge on any atom is -0.294 e. The summed E-state index contributed by atoms with van der Waals surface area (Å²) in [7, 11) is 1.66. The van der Waals surface area contributed by atoms with Crippen molar-refractivity contribution in [1.82, 2.24) is 30.2 Å². The average molecular weight is 254 g/mol. The van der Waals surface area contributed by atoms with Crippen molar-refractivity contribution in [3.8, 4) is 0 Å². The van der Waals surface area contributed by atoms with Gasteiger partial charge in [0.1, 0.15) is 0 Å². The third-order valence-electron chi connectivity index (χ3n) is 2.67. The largest absolute Gasteiger partial charge is 0.294 e. The molecule has 0 radical (unpaired) electrons. The van der Waals surface area contributed by atoms with Gasteiger partial charge in [-0.15, -0.1) is 10.2 Å². The number of nitrogens with zero attached hydrogens (tertiary/aromatic N) is 6. The van der Waals surface area contributed by atoms with Gasteiger partial charge in [-0.25, -0.2) is 0 Å². The van der Waals surface area contributed by atoms with Crippen LogP contribution in [0, 0.1) is 0 Å². The molecule has 2 heterocycles. The van der Waals surface area contributed by atoms with Crippen molar-refractivity contribution < 1.29 is 4.79 Å². The molecule has 3 rings (SSSR count). The van der Waals surface area contributed by atoms with Gasteiger partial charge in [0.15, 0.2) is 11.6 Å². The van der Waals surface area contributed by atoms with Crippen LogP contribution in [-0.2, 0) is 13.5 Å². The van der Waals surface area contributed by atoms with Gasteiger partial charge in [0.2, 0.25) is 0 Å². The van der Waals surface area contributed by atoms with Gasteiger partial charge in [0.05, 0.1) is 24.5 Å². The van der Waals surface area contributed by atoms with E-state index in [1.165, 1.54) is 4.80 Å². The lowest BCUT2D eigenvalue weighted by Gasteiger charge is -2.02.